The van der Waals surface area contributed by atoms with Crippen LogP contribution in [0.5, 0.6) is 0 Å². The molecular formula is C18H25N5OS. The molecule has 6 nitrogen and oxygen atoms in total. The third kappa shape index (κ3) is 3.72. The quantitative estimate of drug-likeness (QED) is 0.893. The second-order valence-corrected chi connectivity index (χ2v) is 8.00. The van der Waals surface area contributed by atoms with Gasteiger partial charge in [-0.2, -0.15) is 0 Å². The highest BCUT2D eigenvalue weighted by Crippen LogP contribution is 2.30. The van der Waals surface area contributed by atoms with Gasteiger partial charge in [0.1, 0.15) is 0 Å². The molecular weight excluding hydrogens is 334 g/mol. The van der Waals surface area contributed by atoms with Gasteiger partial charge < -0.3 is 20.0 Å². The molecule has 134 valence electrons. The van der Waals surface area contributed by atoms with Crippen molar-refractivity contribution in [3.05, 3.63) is 24.3 Å². The Hall–Kier alpha value is -1.86. The minimum absolute atomic E-state index is 0.0873. The lowest BCUT2D eigenvalue weighted by Gasteiger charge is -2.36. The number of likely N-dealkylation sites (N-methyl/N-ethyl adjacent to an activating group) is 1. The number of nitrogens with zero attached hydrogens (tertiary/aromatic N) is 4. The summed E-state index contributed by atoms with van der Waals surface area (Å²) >= 11 is 1.74. The molecule has 2 amide bonds. The number of nitrogens with one attached hydrogen (secondary N) is 1. The van der Waals surface area contributed by atoms with Crippen LogP contribution in [0.25, 0.3) is 10.2 Å². The maximum absolute atomic E-state index is 12.5. The van der Waals surface area contributed by atoms with Gasteiger partial charge in [0.05, 0.1) is 10.2 Å². The van der Waals surface area contributed by atoms with Gasteiger partial charge in [-0.15, -0.1) is 0 Å². The molecule has 0 bridgehead atoms. The molecule has 2 fully saturated rings. The molecule has 1 N–H and O–H groups in total. The van der Waals surface area contributed by atoms with E-state index in [4.69, 9.17) is 4.98 Å². The van der Waals surface area contributed by atoms with Gasteiger partial charge >= 0.3 is 6.03 Å². The van der Waals surface area contributed by atoms with Crippen LogP contribution >= 0.6 is 11.3 Å². The smallest absolute Gasteiger partial charge is 0.317 e. The lowest BCUT2D eigenvalue weighted by atomic mass is 10.1. The normalized spacial score (nSPS) is 22.4. The van der Waals surface area contributed by atoms with Crippen molar-refractivity contribution in [2.45, 2.75) is 18.9 Å². The molecule has 1 atom stereocenters. The second-order valence-electron chi connectivity index (χ2n) is 6.99. The van der Waals surface area contributed by atoms with Crippen molar-refractivity contribution < 1.29 is 4.79 Å². The summed E-state index contributed by atoms with van der Waals surface area (Å²) in [4.78, 5) is 23.8. The summed E-state index contributed by atoms with van der Waals surface area (Å²) in [6.45, 7) is 5.40. The van der Waals surface area contributed by atoms with E-state index in [2.05, 4.69) is 40.4 Å². The molecule has 2 aromatic rings. The Labute approximate surface area is 152 Å². The number of piperidine rings is 1. The maximum Gasteiger partial charge on any atom is 0.317 e. The van der Waals surface area contributed by atoms with Crippen molar-refractivity contribution in [1.82, 2.24) is 20.1 Å². The van der Waals surface area contributed by atoms with Crippen LogP contribution < -0.4 is 10.2 Å². The number of benzene rings is 1. The number of aromatic nitrogens is 1. The number of amides is 2. The van der Waals surface area contributed by atoms with Gasteiger partial charge in [0, 0.05) is 45.3 Å². The number of fused-ring (bicyclic) bond motifs is 1. The minimum Gasteiger partial charge on any atom is -0.346 e. The molecule has 2 saturated heterocycles. The van der Waals surface area contributed by atoms with Crippen LogP contribution in [0.15, 0.2) is 24.3 Å². The van der Waals surface area contributed by atoms with Gasteiger partial charge in [-0.05, 0) is 32.0 Å². The van der Waals surface area contributed by atoms with Crippen LogP contribution in [-0.2, 0) is 0 Å². The number of urea groups is 1. The number of para-hydroxylation sites is 1. The molecule has 0 saturated carbocycles. The third-order valence-corrected chi connectivity index (χ3v) is 6.19. The Bertz CT molecular complexity index is 707. The van der Waals surface area contributed by atoms with E-state index < -0.39 is 0 Å². The van der Waals surface area contributed by atoms with E-state index in [0.717, 1.165) is 62.8 Å². The highest BCUT2D eigenvalue weighted by molar-refractivity contribution is 7.22. The van der Waals surface area contributed by atoms with Crippen molar-refractivity contribution >= 4 is 32.7 Å². The molecule has 1 aromatic heterocycles. The van der Waals surface area contributed by atoms with Crippen LogP contribution in [-0.4, -0.2) is 73.2 Å². The minimum atomic E-state index is 0.0873. The van der Waals surface area contributed by atoms with Gasteiger partial charge in [0.25, 0.3) is 0 Å². The highest BCUT2D eigenvalue weighted by Gasteiger charge is 2.26. The van der Waals surface area contributed by atoms with E-state index >= 15 is 0 Å². The fourth-order valence-corrected chi connectivity index (χ4v) is 4.54. The first-order chi connectivity index (χ1) is 12.2. The van der Waals surface area contributed by atoms with Gasteiger partial charge in [-0.25, -0.2) is 9.78 Å². The number of carbonyl (C=O) groups excluding carboxylic acids is 1. The number of hydrogen-bond donors (Lipinski definition) is 1. The molecule has 2 aliphatic rings. The van der Waals surface area contributed by atoms with Crippen LogP contribution in [0, 0.1) is 0 Å². The largest absolute Gasteiger partial charge is 0.346 e. The standard InChI is InChI=1S/C18H25N5OS/c1-21-9-11-22(12-10-21)17(24)19-14-5-4-8-23(13-14)18-20-15-6-2-3-7-16(15)25-18/h2-3,6-7,14H,4-5,8-13H2,1H3,(H,19,24). The lowest BCUT2D eigenvalue weighted by molar-refractivity contribution is 0.151. The zero-order valence-electron chi connectivity index (χ0n) is 14.6. The summed E-state index contributed by atoms with van der Waals surface area (Å²) in [6.07, 6.45) is 2.13. The third-order valence-electron chi connectivity index (χ3n) is 5.09. The summed E-state index contributed by atoms with van der Waals surface area (Å²) < 4.78 is 1.22. The van der Waals surface area contributed by atoms with Crippen molar-refractivity contribution in [1.29, 1.82) is 0 Å². The number of thiazole rings is 1. The van der Waals surface area contributed by atoms with Gasteiger partial charge in [0.15, 0.2) is 5.13 Å². The molecule has 0 radical (unpaired) electrons. The first-order valence-electron chi connectivity index (χ1n) is 9.03. The summed E-state index contributed by atoms with van der Waals surface area (Å²) in [5.41, 5.74) is 1.06. The number of rotatable bonds is 2. The van der Waals surface area contributed by atoms with Gasteiger partial charge in [0.2, 0.25) is 0 Å². The van der Waals surface area contributed by atoms with Crippen molar-refractivity contribution in [2.24, 2.45) is 0 Å². The summed E-state index contributed by atoms with van der Waals surface area (Å²) in [7, 11) is 2.10. The Kier molecular flexibility index (Phi) is 4.76. The molecule has 2 aliphatic heterocycles. The van der Waals surface area contributed by atoms with Crippen LogP contribution in [0.2, 0.25) is 0 Å². The van der Waals surface area contributed by atoms with Crippen LogP contribution in [0.3, 0.4) is 0 Å². The fraction of sp³-hybridized carbons (Fsp3) is 0.556. The SMILES string of the molecule is CN1CCN(C(=O)NC2CCCN(c3nc4ccccc4s3)C2)CC1. The van der Waals surface area contributed by atoms with Crippen molar-refractivity contribution in [3.8, 4) is 0 Å². The first kappa shape index (κ1) is 16.6. The Morgan fingerprint density at radius 2 is 2.00 bits per heavy atom. The van der Waals surface area contributed by atoms with E-state index in [0.29, 0.717) is 0 Å². The summed E-state index contributed by atoms with van der Waals surface area (Å²) in [5, 5.41) is 4.31. The van der Waals surface area contributed by atoms with E-state index in [1.807, 2.05) is 11.0 Å². The molecule has 25 heavy (non-hydrogen) atoms. The molecule has 3 heterocycles. The van der Waals surface area contributed by atoms with Gasteiger partial charge in [-0.1, -0.05) is 23.5 Å². The van der Waals surface area contributed by atoms with Gasteiger partial charge in [-0.3, -0.25) is 0 Å². The number of hydrogen-bond acceptors (Lipinski definition) is 5. The molecule has 0 aliphatic carbocycles. The maximum atomic E-state index is 12.5. The fourth-order valence-electron chi connectivity index (χ4n) is 3.54. The average molecular weight is 359 g/mol. The Morgan fingerprint density at radius 1 is 1.20 bits per heavy atom. The highest BCUT2D eigenvalue weighted by atomic mass is 32.1. The summed E-state index contributed by atoms with van der Waals surface area (Å²) in [5.74, 6) is 0. The predicted octanol–water partition coefficient (Wildman–Crippen LogP) is 2.22. The van der Waals surface area contributed by atoms with E-state index in [9.17, 15) is 4.79 Å². The van der Waals surface area contributed by atoms with Crippen LogP contribution in [0.4, 0.5) is 9.93 Å². The molecule has 4 rings (SSSR count). The Balaban J connectivity index is 1.38. The lowest BCUT2D eigenvalue weighted by Crippen LogP contribution is -2.55. The number of piperazine rings is 1. The molecule has 1 unspecified atom stereocenters. The molecule has 1 aromatic carbocycles. The van der Waals surface area contributed by atoms with Crippen molar-refractivity contribution in [2.75, 3.05) is 51.2 Å². The zero-order valence-corrected chi connectivity index (χ0v) is 15.5. The van der Waals surface area contributed by atoms with E-state index in [-0.39, 0.29) is 12.1 Å². The number of carbonyl (C=O) groups is 1. The summed E-state index contributed by atoms with van der Waals surface area (Å²) in [6, 6.07) is 8.55. The average Bonchev–Trinajstić information content (AvgIpc) is 3.07. The monoisotopic (exact) mass is 359 g/mol. The van der Waals surface area contributed by atoms with Crippen molar-refractivity contribution in [3.63, 3.8) is 0 Å². The number of anilines is 1. The molecule has 0 spiro atoms. The Morgan fingerprint density at radius 3 is 2.80 bits per heavy atom. The first-order valence-corrected chi connectivity index (χ1v) is 9.85. The zero-order chi connectivity index (χ0) is 17.2. The van der Waals surface area contributed by atoms with E-state index in [1.54, 1.807) is 11.3 Å². The topological polar surface area (TPSA) is 51.7 Å². The van der Waals surface area contributed by atoms with Crippen LogP contribution in [0.1, 0.15) is 12.8 Å². The second kappa shape index (κ2) is 7.17. The predicted molar refractivity (Wildman–Crippen MR) is 102 cm³/mol. The molecule has 7 heteroatoms. The van der Waals surface area contributed by atoms with E-state index in [1.165, 1.54) is 4.70 Å².